The highest BCUT2D eigenvalue weighted by Gasteiger charge is 2.10. The van der Waals surface area contributed by atoms with Crippen LogP contribution >= 0.6 is 0 Å². The van der Waals surface area contributed by atoms with Crippen molar-refractivity contribution in [2.45, 2.75) is 33.2 Å². The second kappa shape index (κ2) is 9.97. The largest absolute Gasteiger partial charge is 0.483 e. The molecule has 0 saturated carbocycles. The van der Waals surface area contributed by atoms with Gasteiger partial charge in [0.1, 0.15) is 5.75 Å². The molecule has 1 N–H and O–H groups in total. The van der Waals surface area contributed by atoms with E-state index in [4.69, 9.17) is 4.74 Å². The lowest BCUT2D eigenvalue weighted by Gasteiger charge is -2.16. The summed E-state index contributed by atoms with van der Waals surface area (Å²) >= 11 is 0. The van der Waals surface area contributed by atoms with Gasteiger partial charge in [-0.3, -0.25) is 9.59 Å². The molecule has 1 aromatic carbocycles. The number of para-hydroxylation sites is 1. The van der Waals surface area contributed by atoms with Crippen molar-refractivity contribution in [3.05, 3.63) is 40.7 Å². The van der Waals surface area contributed by atoms with Gasteiger partial charge in [-0.15, -0.1) is 0 Å². The maximum Gasteiger partial charge on any atom is 0.257 e. The molecule has 0 fully saturated rings. The van der Waals surface area contributed by atoms with Crippen LogP contribution in [0.4, 0.5) is 0 Å². The highest BCUT2D eigenvalue weighted by atomic mass is 16.5. The average Bonchev–Trinajstić information content (AvgIpc) is 2.64. The lowest BCUT2D eigenvalue weighted by atomic mass is 10.2. The van der Waals surface area contributed by atoms with Gasteiger partial charge in [0.2, 0.25) is 0 Å². The number of ether oxygens (including phenoxy) is 1. The molecular formula is C20H29N3O3. The van der Waals surface area contributed by atoms with Gasteiger partial charge in [0.25, 0.3) is 11.5 Å². The zero-order valence-corrected chi connectivity index (χ0v) is 16.0. The van der Waals surface area contributed by atoms with Crippen LogP contribution < -0.4 is 15.6 Å². The Morgan fingerprint density at radius 2 is 2.00 bits per heavy atom. The minimum atomic E-state index is -0.183. The summed E-state index contributed by atoms with van der Waals surface area (Å²) in [4.78, 5) is 26.5. The molecule has 6 heteroatoms. The van der Waals surface area contributed by atoms with Crippen LogP contribution in [0.15, 0.2) is 35.1 Å². The van der Waals surface area contributed by atoms with Crippen molar-refractivity contribution in [1.29, 1.82) is 0 Å². The molecule has 0 spiro atoms. The minimum absolute atomic E-state index is 0.0990. The van der Waals surface area contributed by atoms with Crippen molar-refractivity contribution in [3.63, 3.8) is 0 Å². The number of unbranched alkanes of at least 4 members (excludes halogenated alkanes) is 1. The van der Waals surface area contributed by atoms with Crippen molar-refractivity contribution in [3.8, 4) is 5.75 Å². The first kappa shape index (κ1) is 20.0. The molecule has 0 unspecified atom stereocenters. The van der Waals surface area contributed by atoms with E-state index in [0.717, 1.165) is 36.8 Å². The molecule has 0 aliphatic rings. The Bertz CT molecular complexity index is 785. The molecule has 2 aromatic rings. The number of carbonyl (C=O) groups excluding carboxylic acids is 1. The molecule has 2 rings (SSSR count). The first-order chi connectivity index (χ1) is 12.6. The first-order valence-corrected chi connectivity index (χ1v) is 9.27. The van der Waals surface area contributed by atoms with Crippen molar-refractivity contribution in [2.75, 3.05) is 33.3 Å². The normalized spacial score (nSPS) is 11.1. The van der Waals surface area contributed by atoms with E-state index in [1.165, 1.54) is 6.07 Å². The summed E-state index contributed by atoms with van der Waals surface area (Å²) in [5.41, 5.74) is 0.689. The molecule has 0 aliphatic carbocycles. The summed E-state index contributed by atoms with van der Waals surface area (Å²) in [6, 6.07) is 9.03. The van der Waals surface area contributed by atoms with E-state index in [-0.39, 0.29) is 18.1 Å². The fourth-order valence-corrected chi connectivity index (χ4v) is 2.87. The van der Waals surface area contributed by atoms with E-state index in [2.05, 4.69) is 17.1 Å². The Morgan fingerprint density at radius 3 is 2.73 bits per heavy atom. The van der Waals surface area contributed by atoms with Crippen LogP contribution in [-0.2, 0) is 11.3 Å². The van der Waals surface area contributed by atoms with Crippen LogP contribution in [0.3, 0.4) is 0 Å². The number of fused-ring (bicyclic) bond motifs is 1. The van der Waals surface area contributed by atoms with Gasteiger partial charge < -0.3 is 19.5 Å². The molecule has 0 atom stereocenters. The van der Waals surface area contributed by atoms with Crippen LogP contribution in [0, 0.1) is 0 Å². The molecule has 26 heavy (non-hydrogen) atoms. The zero-order chi connectivity index (χ0) is 18.9. The monoisotopic (exact) mass is 359 g/mol. The molecule has 0 bridgehead atoms. The molecule has 0 radical (unpaired) electrons. The summed E-state index contributed by atoms with van der Waals surface area (Å²) < 4.78 is 7.33. The molecule has 6 nitrogen and oxygen atoms in total. The van der Waals surface area contributed by atoms with Gasteiger partial charge in [-0.2, -0.15) is 0 Å². The highest BCUT2D eigenvalue weighted by Crippen LogP contribution is 2.23. The van der Waals surface area contributed by atoms with Crippen LogP contribution in [0.5, 0.6) is 5.75 Å². The zero-order valence-electron chi connectivity index (χ0n) is 16.0. The third-order valence-corrected chi connectivity index (χ3v) is 4.36. The third-order valence-electron chi connectivity index (χ3n) is 4.36. The number of amides is 1. The number of carbonyl (C=O) groups is 1. The van der Waals surface area contributed by atoms with E-state index in [1.807, 2.05) is 38.2 Å². The Balaban J connectivity index is 1.93. The molecule has 0 aliphatic heterocycles. The van der Waals surface area contributed by atoms with Gasteiger partial charge >= 0.3 is 0 Å². The Labute approximate surface area is 154 Å². The van der Waals surface area contributed by atoms with Gasteiger partial charge in [0.05, 0.1) is 5.52 Å². The van der Waals surface area contributed by atoms with Gasteiger partial charge in [0, 0.05) is 31.1 Å². The average molecular weight is 359 g/mol. The van der Waals surface area contributed by atoms with E-state index in [9.17, 15) is 9.59 Å². The number of hydrogen-bond acceptors (Lipinski definition) is 4. The quantitative estimate of drug-likeness (QED) is 0.707. The number of likely N-dealkylation sites (N-methyl/N-ethyl adjacent to an activating group) is 1. The molecule has 0 saturated heterocycles. The van der Waals surface area contributed by atoms with E-state index < -0.39 is 0 Å². The van der Waals surface area contributed by atoms with Crippen molar-refractivity contribution >= 4 is 16.8 Å². The number of rotatable bonds is 10. The first-order valence-electron chi connectivity index (χ1n) is 9.27. The van der Waals surface area contributed by atoms with Crippen LogP contribution in [-0.4, -0.2) is 48.7 Å². The standard InChI is InChI=1S/C20H29N3O3/c1-4-6-12-22(3)13-11-21-19(24)15-26-18-14-20(25)23(5-2)17-10-8-7-9-16(17)18/h7-10,14H,4-6,11-13,15H2,1-3H3,(H,21,24). The summed E-state index contributed by atoms with van der Waals surface area (Å²) in [6.45, 7) is 7.00. The van der Waals surface area contributed by atoms with E-state index in [1.54, 1.807) is 4.57 Å². The lowest BCUT2D eigenvalue weighted by molar-refractivity contribution is -0.123. The van der Waals surface area contributed by atoms with Crippen molar-refractivity contribution in [2.24, 2.45) is 0 Å². The molecule has 142 valence electrons. The molecular weight excluding hydrogens is 330 g/mol. The molecule has 1 amide bonds. The summed E-state index contributed by atoms with van der Waals surface area (Å²) in [5, 5.41) is 3.69. The van der Waals surface area contributed by atoms with Gasteiger partial charge in [-0.25, -0.2) is 0 Å². The smallest absolute Gasteiger partial charge is 0.257 e. The topological polar surface area (TPSA) is 63.6 Å². The number of nitrogens with zero attached hydrogens (tertiary/aromatic N) is 2. The predicted octanol–water partition coefficient (Wildman–Crippen LogP) is 2.25. The Hall–Kier alpha value is -2.34. The van der Waals surface area contributed by atoms with Crippen molar-refractivity contribution < 1.29 is 9.53 Å². The van der Waals surface area contributed by atoms with Gasteiger partial charge in [-0.05, 0) is 39.1 Å². The summed E-state index contributed by atoms with van der Waals surface area (Å²) in [7, 11) is 2.05. The maximum absolute atomic E-state index is 12.2. The number of nitrogens with one attached hydrogen (secondary N) is 1. The van der Waals surface area contributed by atoms with Crippen LogP contribution in [0.1, 0.15) is 26.7 Å². The number of aryl methyl sites for hydroxylation is 1. The number of benzene rings is 1. The third kappa shape index (κ3) is 5.33. The number of hydrogen-bond donors (Lipinski definition) is 1. The fourth-order valence-electron chi connectivity index (χ4n) is 2.87. The Kier molecular flexibility index (Phi) is 7.66. The van der Waals surface area contributed by atoms with E-state index >= 15 is 0 Å². The maximum atomic E-state index is 12.2. The fraction of sp³-hybridized carbons (Fsp3) is 0.500. The molecule has 1 heterocycles. The SMILES string of the molecule is CCCCN(C)CCNC(=O)COc1cc(=O)n(CC)c2ccccc12. The molecule has 1 aromatic heterocycles. The lowest BCUT2D eigenvalue weighted by Crippen LogP contribution is -2.36. The summed E-state index contributed by atoms with van der Waals surface area (Å²) in [5.74, 6) is 0.267. The second-order valence-electron chi connectivity index (χ2n) is 6.40. The minimum Gasteiger partial charge on any atom is -0.483 e. The van der Waals surface area contributed by atoms with Gasteiger partial charge in [0.15, 0.2) is 6.61 Å². The van der Waals surface area contributed by atoms with Crippen LogP contribution in [0.2, 0.25) is 0 Å². The van der Waals surface area contributed by atoms with Crippen molar-refractivity contribution in [1.82, 2.24) is 14.8 Å². The number of aromatic nitrogens is 1. The predicted molar refractivity (Wildman–Crippen MR) is 105 cm³/mol. The van der Waals surface area contributed by atoms with Crippen LogP contribution in [0.25, 0.3) is 10.9 Å². The Morgan fingerprint density at radius 1 is 1.23 bits per heavy atom. The van der Waals surface area contributed by atoms with E-state index in [0.29, 0.717) is 18.8 Å². The highest BCUT2D eigenvalue weighted by molar-refractivity contribution is 5.86. The second-order valence-corrected chi connectivity index (χ2v) is 6.40. The number of pyridine rings is 1. The summed E-state index contributed by atoms with van der Waals surface area (Å²) in [6.07, 6.45) is 2.32. The van der Waals surface area contributed by atoms with Gasteiger partial charge in [-0.1, -0.05) is 25.5 Å².